The molecule has 0 aliphatic rings. The highest BCUT2D eigenvalue weighted by atomic mass is 127. The van der Waals surface area contributed by atoms with Gasteiger partial charge in [0.2, 0.25) is 0 Å². The van der Waals surface area contributed by atoms with E-state index < -0.39 is 17.9 Å². The van der Waals surface area contributed by atoms with Crippen LogP contribution in [-0.2, 0) is 4.79 Å². The Morgan fingerprint density at radius 3 is 2.64 bits per heavy atom. The number of rotatable bonds is 2. The van der Waals surface area contributed by atoms with Crippen molar-refractivity contribution in [1.29, 1.82) is 0 Å². The SMILES string of the molecule is O=C(O)C(O)c1cc(Br)cc(I)c1F. The summed E-state index contributed by atoms with van der Waals surface area (Å²) in [5.41, 5.74) is -0.240. The summed E-state index contributed by atoms with van der Waals surface area (Å²) < 4.78 is 14.1. The average Bonchev–Trinajstić information content (AvgIpc) is 2.09. The zero-order chi connectivity index (χ0) is 10.9. The Kier molecular flexibility index (Phi) is 3.85. The molecule has 0 saturated carbocycles. The number of carboxylic acids is 1. The standard InChI is InChI=1S/C8H5BrFIO3/c9-3-1-4(7(12)8(13)14)6(10)5(11)2-3/h1-2,7,12H,(H,13,14). The molecule has 1 rings (SSSR count). The number of benzene rings is 1. The second-order valence-corrected chi connectivity index (χ2v) is 4.61. The van der Waals surface area contributed by atoms with Gasteiger partial charge in [0, 0.05) is 10.0 Å². The van der Waals surface area contributed by atoms with Gasteiger partial charge in [0.15, 0.2) is 6.10 Å². The van der Waals surface area contributed by atoms with Gasteiger partial charge in [-0.2, -0.15) is 0 Å². The van der Waals surface area contributed by atoms with Crippen LogP contribution in [0.3, 0.4) is 0 Å². The van der Waals surface area contributed by atoms with Gasteiger partial charge in [0.05, 0.1) is 3.57 Å². The van der Waals surface area contributed by atoms with Crippen molar-refractivity contribution in [2.45, 2.75) is 6.10 Å². The fourth-order valence-corrected chi connectivity index (χ4v) is 2.46. The molecule has 14 heavy (non-hydrogen) atoms. The van der Waals surface area contributed by atoms with Gasteiger partial charge >= 0.3 is 5.97 Å². The summed E-state index contributed by atoms with van der Waals surface area (Å²) in [6, 6.07) is 2.74. The molecule has 0 bridgehead atoms. The van der Waals surface area contributed by atoms with E-state index in [9.17, 15) is 9.18 Å². The molecule has 1 unspecified atom stereocenters. The molecule has 0 aliphatic heterocycles. The summed E-state index contributed by atoms with van der Waals surface area (Å²) in [5, 5.41) is 17.7. The third-order valence-electron chi connectivity index (χ3n) is 1.55. The van der Waals surface area contributed by atoms with Crippen molar-refractivity contribution in [1.82, 2.24) is 0 Å². The van der Waals surface area contributed by atoms with Crippen LogP contribution in [0.4, 0.5) is 4.39 Å². The summed E-state index contributed by atoms with van der Waals surface area (Å²) in [6.45, 7) is 0. The maximum atomic E-state index is 13.3. The van der Waals surface area contributed by atoms with E-state index in [0.717, 1.165) is 0 Å². The maximum Gasteiger partial charge on any atom is 0.337 e. The van der Waals surface area contributed by atoms with E-state index in [0.29, 0.717) is 4.47 Å². The Morgan fingerprint density at radius 2 is 2.14 bits per heavy atom. The van der Waals surface area contributed by atoms with Gasteiger partial charge in [0.1, 0.15) is 5.82 Å². The van der Waals surface area contributed by atoms with E-state index >= 15 is 0 Å². The Labute approximate surface area is 101 Å². The number of carbonyl (C=O) groups is 1. The van der Waals surface area contributed by atoms with Crippen LogP contribution in [0.5, 0.6) is 0 Å². The van der Waals surface area contributed by atoms with Crippen LogP contribution in [0.25, 0.3) is 0 Å². The number of halogens is 3. The largest absolute Gasteiger partial charge is 0.479 e. The van der Waals surface area contributed by atoms with Crippen molar-refractivity contribution in [3.63, 3.8) is 0 Å². The molecular formula is C8H5BrFIO3. The monoisotopic (exact) mass is 374 g/mol. The Balaban J connectivity index is 3.26. The first-order chi connectivity index (χ1) is 6.43. The van der Waals surface area contributed by atoms with Crippen LogP contribution < -0.4 is 0 Å². The lowest BCUT2D eigenvalue weighted by Gasteiger charge is -2.08. The number of aliphatic hydroxyl groups is 1. The molecule has 0 heterocycles. The summed E-state index contributed by atoms with van der Waals surface area (Å²) in [4.78, 5) is 10.4. The van der Waals surface area contributed by atoms with E-state index in [1.807, 2.05) is 0 Å². The summed E-state index contributed by atoms with van der Waals surface area (Å²) in [5.74, 6) is -2.18. The minimum atomic E-state index is -1.83. The predicted molar refractivity (Wildman–Crippen MR) is 59.4 cm³/mol. The van der Waals surface area contributed by atoms with Crippen molar-refractivity contribution in [3.05, 3.63) is 31.6 Å². The minimum absolute atomic E-state index is 0.240. The summed E-state index contributed by atoms with van der Waals surface area (Å²) >= 11 is 4.81. The highest BCUT2D eigenvalue weighted by Gasteiger charge is 2.21. The molecule has 0 saturated heterocycles. The molecule has 0 amide bonds. The molecule has 76 valence electrons. The molecule has 3 nitrogen and oxygen atoms in total. The smallest absolute Gasteiger partial charge is 0.337 e. The van der Waals surface area contributed by atoms with Crippen LogP contribution in [0.15, 0.2) is 16.6 Å². The van der Waals surface area contributed by atoms with Gasteiger partial charge in [-0.05, 0) is 34.7 Å². The lowest BCUT2D eigenvalue weighted by Crippen LogP contribution is -2.12. The molecule has 1 aromatic carbocycles. The van der Waals surface area contributed by atoms with E-state index in [4.69, 9.17) is 10.2 Å². The van der Waals surface area contributed by atoms with Crippen molar-refractivity contribution in [2.24, 2.45) is 0 Å². The van der Waals surface area contributed by atoms with Gasteiger partial charge in [0.25, 0.3) is 0 Å². The molecule has 0 fully saturated rings. The van der Waals surface area contributed by atoms with Crippen LogP contribution in [0.2, 0.25) is 0 Å². The Hall–Kier alpha value is -0.210. The normalized spacial score (nSPS) is 12.6. The minimum Gasteiger partial charge on any atom is -0.479 e. The lowest BCUT2D eigenvalue weighted by atomic mass is 10.1. The summed E-state index contributed by atoms with van der Waals surface area (Å²) in [6.07, 6.45) is -1.83. The second-order valence-electron chi connectivity index (χ2n) is 2.53. The zero-order valence-electron chi connectivity index (χ0n) is 6.67. The molecule has 0 aromatic heterocycles. The third-order valence-corrected chi connectivity index (χ3v) is 2.79. The first kappa shape index (κ1) is 11.9. The molecular weight excluding hydrogens is 370 g/mol. The fourth-order valence-electron chi connectivity index (χ4n) is 0.908. The quantitative estimate of drug-likeness (QED) is 0.617. The number of aliphatic carboxylic acids is 1. The van der Waals surface area contributed by atoms with Gasteiger partial charge in [-0.25, -0.2) is 9.18 Å². The van der Waals surface area contributed by atoms with Gasteiger partial charge in [-0.3, -0.25) is 0 Å². The molecule has 1 aromatic rings. The number of hydrogen-bond donors (Lipinski definition) is 2. The van der Waals surface area contributed by atoms with E-state index in [1.54, 1.807) is 22.6 Å². The van der Waals surface area contributed by atoms with Gasteiger partial charge < -0.3 is 10.2 Å². The number of aliphatic hydroxyl groups excluding tert-OH is 1. The number of carboxylic acid groups (broad SMARTS) is 1. The molecule has 6 heteroatoms. The van der Waals surface area contributed by atoms with E-state index in [2.05, 4.69) is 15.9 Å². The van der Waals surface area contributed by atoms with Crippen molar-refractivity contribution in [2.75, 3.05) is 0 Å². The molecule has 0 spiro atoms. The zero-order valence-corrected chi connectivity index (χ0v) is 10.4. The van der Waals surface area contributed by atoms with E-state index in [-0.39, 0.29) is 9.13 Å². The van der Waals surface area contributed by atoms with Crippen molar-refractivity contribution < 1.29 is 19.4 Å². The van der Waals surface area contributed by atoms with Crippen LogP contribution >= 0.6 is 38.5 Å². The van der Waals surface area contributed by atoms with Crippen molar-refractivity contribution in [3.8, 4) is 0 Å². The molecule has 0 radical (unpaired) electrons. The topological polar surface area (TPSA) is 57.5 Å². The highest BCUT2D eigenvalue weighted by molar-refractivity contribution is 14.1. The summed E-state index contributed by atoms with van der Waals surface area (Å²) in [7, 11) is 0. The molecule has 2 N–H and O–H groups in total. The van der Waals surface area contributed by atoms with Gasteiger partial charge in [-0.15, -0.1) is 0 Å². The second kappa shape index (κ2) is 4.54. The highest BCUT2D eigenvalue weighted by Crippen LogP contribution is 2.26. The first-order valence-corrected chi connectivity index (χ1v) is 5.36. The Morgan fingerprint density at radius 1 is 1.57 bits per heavy atom. The third kappa shape index (κ3) is 2.43. The molecule has 0 aliphatic carbocycles. The number of hydrogen-bond acceptors (Lipinski definition) is 2. The fraction of sp³-hybridized carbons (Fsp3) is 0.125. The van der Waals surface area contributed by atoms with Crippen LogP contribution in [0, 0.1) is 9.39 Å². The van der Waals surface area contributed by atoms with Crippen molar-refractivity contribution >= 4 is 44.5 Å². The van der Waals surface area contributed by atoms with E-state index in [1.165, 1.54) is 12.1 Å². The first-order valence-electron chi connectivity index (χ1n) is 3.48. The van der Waals surface area contributed by atoms with Crippen LogP contribution in [0.1, 0.15) is 11.7 Å². The predicted octanol–water partition coefficient (Wildman–Crippen LogP) is 2.31. The maximum absolute atomic E-state index is 13.3. The van der Waals surface area contributed by atoms with Crippen LogP contribution in [-0.4, -0.2) is 16.2 Å². The lowest BCUT2D eigenvalue weighted by molar-refractivity contribution is -0.147. The van der Waals surface area contributed by atoms with Gasteiger partial charge in [-0.1, -0.05) is 15.9 Å². The molecule has 1 atom stereocenters. The average molecular weight is 375 g/mol. The Bertz CT molecular complexity index is 383.